The lowest BCUT2D eigenvalue weighted by Gasteiger charge is -2.14. The largest absolute Gasteiger partial charge is 0.334 e. The Bertz CT molecular complexity index is 419. The van der Waals surface area contributed by atoms with Crippen LogP contribution in [0.15, 0.2) is 18.2 Å². The van der Waals surface area contributed by atoms with Crippen LogP contribution in [0.25, 0.3) is 0 Å². The summed E-state index contributed by atoms with van der Waals surface area (Å²) in [5.41, 5.74) is 0.207. The van der Waals surface area contributed by atoms with Crippen LogP contribution in [0.1, 0.15) is 5.56 Å². The molecule has 1 aromatic carbocycles. The number of rotatable bonds is 3. The van der Waals surface area contributed by atoms with Crippen molar-refractivity contribution in [2.75, 3.05) is 13.6 Å². The fourth-order valence-corrected chi connectivity index (χ4v) is 1.44. The topological polar surface area (TPSA) is 20.3 Å². The van der Waals surface area contributed by atoms with Crippen LogP contribution in [-0.4, -0.2) is 24.4 Å². The van der Waals surface area contributed by atoms with E-state index in [4.69, 9.17) is 18.0 Å². The predicted molar refractivity (Wildman–Crippen MR) is 61.6 cm³/mol. The van der Waals surface area contributed by atoms with Gasteiger partial charge in [-0.1, -0.05) is 23.6 Å². The van der Waals surface area contributed by atoms with Gasteiger partial charge in [0, 0.05) is 17.6 Å². The number of carbonyl (C=O) groups excluding carboxylic acids is 1. The van der Waals surface area contributed by atoms with Gasteiger partial charge in [0.25, 0.3) is 0 Å². The van der Waals surface area contributed by atoms with Crippen LogP contribution in [0, 0.1) is 18.2 Å². The van der Waals surface area contributed by atoms with E-state index in [1.807, 2.05) is 0 Å². The third-order valence-corrected chi connectivity index (χ3v) is 2.50. The molecule has 0 saturated heterocycles. The second-order valence-electron chi connectivity index (χ2n) is 3.33. The molecule has 0 atom stereocenters. The number of halogens is 2. The van der Waals surface area contributed by atoms with E-state index < -0.39 is 5.82 Å². The molecule has 1 aromatic rings. The fourth-order valence-electron chi connectivity index (χ4n) is 1.21. The van der Waals surface area contributed by atoms with Crippen molar-refractivity contribution in [3.63, 3.8) is 0 Å². The SMILES string of the molecule is C#CCN(C)C(=O)Cc1c(F)cccc1Cl. The van der Waals surface area contributed by atoms with Gasteiger partial charge in [-0.15, -0.1) is 6.42 Å². The van der Waals surface area contributed by atoms with E-state index in [0.29, 0.717) is 0 Å². The molecule has 0 aliphatic rings. The van der Waals surface area contributed by atoms with Gasteiger partial charge >= 0.3 is 0 Å². The minimum Gasteiger partial charge on any atom is -0.334 e. The number of nitrogens with zero attached hydrogens (tertiary/aromatic N) is 1. The van der Waals surface area contributed by atoms with E-state index in [2.05, 4.69) is 5.92 Å². The van der Waals surface area contributed by atoms with E-state index >= 15 is 0 Å². The Morgan fingerprint density at radius 1 is 1.62 bits per heavy atom. The average Bonchev–Trinajstić information content (AvgIpc) is 2.23. The molecule has 0 saturated carbocycles. The third kappa shape index (κ3) is 2.98. The first-order valence-electron chi connectivity index (χ1n) is 4.66. The van der Waals surface area contributed by atoms with E-state index in [1.54, 1.807) is 13.1 Å². The van der Waals surface area contributed by atoms with Crippen LogP contribution in [-0.2, 0) is 11.2 Å². The first-order valence-corrected chi connectivity index (χ1v) is 5.04. The molecule has 0 N–H and O–H groups in total. The molecular formula is C12H11ClFNO. The minimum atomic E-state index is -0.477. The fraction of sp³-hybridized carbons (Fsp3) is 0.250. The first-order chi connectivity index (χ1) is 7.56. The smallest absolute Gasteiger partial charge is 0.227 e. The molecule has 0 unspecified atom stereocenters. The van der Waals surface area contributed by atoms with Gasteiger partial charge in [0.1, 0.15) is 5.82 Å². The van der Waals surface area contributed by atoms with E-state index in [1.165, 1.54) is 17.0 Å². The maximum atomic E-state index is 13.4. The van der Waals surface area contributed by atoms with Crippen molar-refractivity contribution in [1.29, 1.82) is 0 Å². The van der Waals surface area contributed by atoms with E-state index in [9.17, 15) is 9.18 Å². The Morgan fingerprint density at radius 3 is 2.88 bits per heavy atom. The van der Waals surface area contributed by atoms with Gasteiger partial charge in [0.05, 0.1) is 13.0 Å². The highest BCUT2D eigenvalue weighted by Gasteiger charge is 2.14. The van der Waals surface area contributed by atoms with Gasteiger partial charge in [0.2, 0.25) is 5.91 Å². The van der Waals surface area contributed by atoms with Crippen molar-refractivity contribution in [3.05, 3.63) is 34.6 Å². The molecule has 0 bridgehead atoms. The monoisotopic (exact) mass is 239 g/mol. The zero-order valence-electron chi connectivity index (χ0n) is 8.84. The van der Waals surface area contributed by atoms with Crippen molar-refractivity contribution < 1.29 is 9.18 Å². The Labute approximate surface area is 99.0 Å². The molecule has 1 amide bonds. The van der Waals surface area contributed by atoms with Gasteiger partial charge < -0.3 is 4.90 Å². The predicted octanol–water partition coefficient (Wildman–Crippen LogP) is 2.11. The normalized spacial score (nSPS) is 9.62. The van der Waals surface area contributed by atoms with Gasteiger partial charge in [0.15, 0.2) is 0 Å². The second-order valence-corrected chi connectivity index (χ2v) is 3.74. The summed E-state index contributed by atoms with van der Waals surface area (Å²) in [5.74, 6) is 1.61. The number of likely N-dealkylation sites (N-methyl/N-ethyl adjacent to an activating group) is 1. The molecule has 0 aliphatic carbocycles. The summed E-state index contributed by atoms with van der Waals surface area (Å²) in [6, 6.07) is 4.32. The molecule has 1 rings (SSSR count). The van der Waals surface area contributed by atoms with Crippen molar-refractivity contribution in [2.24, 2.45) is 0 Å². The van der Waals surface area contributed by atoms with Crippen LogP contribution in [0.5, 0.6) is 0 Å². The van der Waals surface area contributed by atoms with Crippen LogP contribution >= 0.6 is 11.6 Å². The quantitative estimate of drug-likeness (QED) is 0.740. The summed E-state index contributed by atoms with van der Waals surface area (Å²) in [6.45, 7) is 0.199. The lowest BCUT2D eigenvalue weighted by atomic mass is 10.1. The summed E-state index contributed by atoms with van der Waals surface area (Å²) in [5, 5.41) is 0.252. The number of hydrogen-bond acceptors (Lipinski definition) is 1. The molecule has 0 spiro atoms. The highest BCUT2D eigenvalue weighted by molar-refractivity contribution is 6.31. The van der Waals surface area contributed by atoms with Crippen LogP contribution < -0.4 is 0 Å². The lowest BCUT2D eigenvalue weighted by Crippen LogP contribution is -2.28. The molecule has 0 radical (unpaired) electrons. The van der Waals surface area contributed by atoms with Gasteiger partial charge in [-0.25, -0.2) is 4.39 Å². The van der Waals surface area contributed by atoms with Crippen molar-refractivity contribution in [1.82, 2.24) is 4.90 Å². The van der Waals surface area contributed by atoms with Crippen molar-refractivity contribution in [3.8, 4) is 12.3 Å². The summed E-state index contributed by atoms with van der Waals surface area (Å²) in [4.78, 5) is 13.0. The number of hydrogen-bond donors (Lipinski definition) is 0. The molecule has 0 aliphatic heterocycles. The molecule has 2 nitrogen and oxygen atoms in total. The number of amides is 1. The van der Waals surface area contributed by atoms with Crippen molar-refractivity contribution >= 4 is 17.5 Å². The molecule has 0 aromatic heterocycles. The van der Waals surface area contributed by atoms with Gasteiger partial charge in [-0.05, 0) is 12.1 Å². The van der Waals surface area contributed by atoms with Gasteiger partial charge in [-0.3, -0.25) is 4.79 Å². The minimum absolute atomic E-state index is 0.0797. The maximum Gasteiger partial charge on any atom is 0.227 e. The summed E-state index contributed by atoms with van der Waals surface area (Å²) >= 11 is 5.80. The zero-order chi connectivity index (χ0) is 12.1. The molecule has 0 fully saturated rings. The lowest BCUT2D eigenvalue weighted by molar-refractivity contribution is -0.128. The number of carbonyl (C=O) groups is 1. The number of terminal acetylenes is 1. The van der Waals surface area contributed by atoms with E-state index in [0.717, 1.165) is 0 Å². The molecule has 0 heterocycles. The second kappa shape index (κ2) is 5.53. The molecule has 84 valence electrons. The average molecular weight is 240 g/mol. The first kappa shape index (κ1) is 12.5. The molecule has 4 heteroatoms. The third-order valence-electron chi connectivity index (χ3n) is 2.14. The van der Waals surface area contributed by atoms with E-state index in [-0.39, 0.29) is 29.5 Å². The summed E-state index contributed by atoms with van der Waals surface area (Å²) in [7, 11) is 1.57. The van der Waals surface area contributed by atoms with Crippen LogP contribution in [0.3, 0.4) is 0 Å². The Kier molecular flexibility index (Phi) is 4.33. The zero-order valence-corrected chi connectivity index (χ0v) is 9.59. The highest BCUT2D eigenvalue weighted by atomic mass is 35.5. The maximum absolute atomic E-state index is 13.4. The summed E-state index contributed by atoms with van der Waals surface area (Å²) in [6.07, 6.45) is 5.00. The number of benzene rings is 1. The molecule has 16 heavy (non-hydrogen) atoms. The van der Waals surface area contributed by atoms with Gasteiger partial charge in [-0.2, -0.15) is 0 Å². The standard InChI is InChI=1S/C12H11ClFNO/c1-3-7-15(2)12(16)8-9-10(13)5-4-6-11(9)14/h1,4-6H,7-8H2,2H3. The van der Waals surface area contributed by atoms with Crippen LogP contribution in [0.2, 0.25) is 5.02 Å². The summed E-state index contributed by atoms with van der Waals surface area (Å²) < 4.78 is 13.4. The van der Waals surface area contributed by atoms with Crippen molar-refractivity contribution in [2.45, 2.75) is 6.42 Å². The Hall–Kier alpha value is -1.53. The molecular weight excluding hydrogens is 229 g/mol. The Morgan fingerprint density at radius 2 is 2.31 bits per heavy atom. The Balaban J connectivity index is 2.82. The van der Waals surface area contributed by atoms with Crippen LogP contribution in [0.4, 0.5) is 4.39 Å². The highest BCUT2D eigenvalue weighted by Crippen LogP contribution is 2.19.